The molecular formula is C13H10F2. The van der Waals surface area contributed by atoms with Gasteiger partial charge < -0.3 is 0 Å². The first-order valence-corrected chi connectivity index (χ1v) is 4.69. The topological polar surface area (TPSA) is 0 Å². The predicted molar refractivity (Wildman–Crippen MR) is 56.5 cm³/mol. The molecule has 2 heteroatoms. The van der Waals surface area contributed by atoms with Gasteiger partial charge in [0.15, 0.2) is 0 Å². The van der Waals surface area contributed by atoms with Crippen molar-refractivity contribution in [2.45, 2.75) is 6.92 Å². The van der Waals surface area contributed by atoms with Crippen LogP contribution in [0.25, 0.3) is 11.1 Å². The lowest BCUT2D eigenvalue weighted by molar-refractivity contribution is 0.616. The van der Waals surface area contributed by atoms with Crippen molar-refractivity contribution < 1.29 is 8.78 Å². The van der Waals surface area contributed by atoms with Gasteiger partial charge in [-0.1, -0.05) is 29.8 Å². The van der Waals surface area contributed by atoms with E-state index in [2.05, 4.69) is 0 Å². The van der Waals surface area contributed by atoms with Crippen LogP contribution in [0.15, 0.2) is 42.5 Å². The third-order valence-electron chi connectivity index (χ3n) is 2.29. The minimum Gasteiger partial charge on any atom is -0.206 e. The van der Waals surface area contributed by atoms with E-state index >= 15 is 0 Å². The Morgan fingerprint density at radius 2 is 1.47 bits per heavy atom. The molecule has 0 aromatic heterocycles. The predicted octanol–water partition coefficient (Wildman–Crippen LogP) is 3.94. The zero-order chi connectivity index (χ0) is 10.8. The lowest BCUT2D eigenvalue weighted by atomic mass is 10.0. The van der Waals surface area contributed by atoms with Crippen molar-refractivity contribution in [1.29, 1.82) is 0 Å². The second-order valence-electron chi connectivity index (χ2n) is 3.46. The molecule has 0 spiro atoms. The number of hydrogen-bond donors (Lipinski definition) is 0. The van der Waals surface area contributed by atoms with Gasteiger partial charge in [0, 0.05) is 11.1 Å². The first-order chi connectivity index (χ1) is 7.18. The Morgan fingerprint density at radius 1 is 0.800 bits per heavy atom. The molecule has 0 nitrogen and oxygen atoms in total. The van der Waals surface area contributed by atoms with Crippen molar-refractivity contribution in [3.05, 3.63) is 59.7 Å². The maximum Gasteiger partial charge on any atom is 0.131 e. The van der Waals surface area contributed by atoms with Crippen LogP contribution in [-0.2, 0) is 0 Å². The minimum atomic E-state index is -0.401. The lowest BCUT2D eigenvalue weighted by Crippen LogP contribution is -1.88. The fraction of sp³-hybridized carbons (Fsp3) is 0.0769. The highest BCUT2D eigenvalue weighted by Gasteiger charge is 2.08. The van der Waals surface area contributed by atoms with Crippen LogP contribution in [0.1, 0.15) is 5.56 Å². The van der Waals surface area contributed by atoms with Gasteiger partial charge >= 0.3 is 0 Å². The van der Waals surface area contributed by atoms with Crippen molar-refractivity contribution in [2.75, 3.05) is 0 Å². The normalized spacial score (nSPS) is 10.3. The Bertz CT molecular complexity index is 490. The monoisotopic (exact) mass is 204 g/mol. The van der Waals surface area contributed by atoms with E-state index in [9.17, 15) is 8.78 Å². The molecule has 0 atom stereocenters. The van der Waals surface area contributed by atoms with E-state index in [1.807, 2.05) is 6.92 Å². The van der Waals surface area contributed by atoms with E-state index in [1.165, 1.54) is 12.1 Å². The van der Waals surface area contributed by atoms with Gasteiger partial charge in [-0.25, -0.2) is 8.78 Å². The van der Waals surface area contributed by atoms with Gasteiger partial charge in [-0.05, 0) is 25.1 Å². The summed E-state index contributed by atoms with van der Waals surface area (Å²) in [5.74, 6) is -0.798. The zero-order valence-corrected chi connectivity index (χ0v) is 8.30. The maximum absolute atomic E-state index is 13.5. The largest absolute Gasteiger partial charge is 0.206 e. The molecule has 0 bridgehead atoms. The van der Waals surface area contributed by atoms with E-state index in [-0.39, 0.29) is 0 Å². The van der Waals surface area contributed by atoms with Crippen LogP contribution in [0.4, 0.5) is 8.78 Å². The Labute approximate surface area is 87.2 Å². The molecule has 0 unspecified atom stereocenters. The summed E-state index contributed by atoms with van der Waals surface area (Å²) in [6.45, 7) is 1.85. The van der Waals surface area contributed by atoms with Crippen molar-refractivity contribution in [3.8, 4) is 11.1 Å². The second-order valence-corrected chi connectivity index (χ2v) is 3.46. The molecule has 0 heterocycles. The average Bonchev–Trinajstić information content (AvgIpc) is 2.23. The van der Waals surface area contributed by atoms with Gasteiger partial charge in [-0.3, -0.25) is 0 Å². The molecule has 15 heavy (non-hydrogen) atoms. The summed E-state index contributed by atoms with van der Waals surface area (Å²) in [5.41, 5.74) is 1.53. The molecule has 0 saturated carbocycles. The summed E-state index contributed by atoms with van der Waals surface area (Å²) >= 11 is 0. The van der Waals surface area contributed by atoms with E-state index < -0.39 is 11.6 Å². The third-order valence-corrected chi connectivity index (χ3v) is 2.29. The maximum atomic E-state index is 13.5. The molecule has 0 aliphatic heterocycles. The van der Waals surface area contributed by atoms with Crippen LogP contribution in [-0.4, -0.2) is 0 Å². The van der Waals surface area contributed by atoms with Gasteiger partial charge in [-0.2, -0.15) is 0 Å². The van der Waals surface area contributed by atoms with Crippen LogP contribution in [0, 0.1) is 18.6 Å². The van der Waals surface area contributed by atoms with Crippen LogP contribution in [0.2, 0.25) is 0 Å². The summed E-state index contributed by atoms with van der Waals surface area (Å²) in [6, 6.07) is 10.9. The number of rotatable bonds is 1. The molecule has 2 rings (SSSR count). The zero-order valence-electron chi connectivity index (χ0n) is 8.30. The van der Waals surface area contributed by atoms with Gasteiger partial charge in [0.1, 0.15) is 11.6 Å². The summed E-state index contributed by atoms with van der Waals surface area (Å²) < 4.78 is 26.9. The van der Waals surface area contributed by atoms with Crippen LogP contribution in [0.3, 0.4) is 0 Å². The molecule has 2 aromatic carbocycles. The quantitative estimate of drug-likeness (QED) is 0.660. The van der Waals surface area contributed by atoms with E-state index in [4.69, 9.17) is 0 Å². The number of hydrogen-bond acceptors (Lipinski definition) is 0. The molecule has 0 amide bonds. The first kappa shape index (κ1) is 9.84. The Hall–Kier alpha value is -1.70. The minimum absolute atomic E-state index is 0.304. The molecule has 2 aromatic rings. The molecule has 0 saturated heterocycles. The fourth-order valence-corrected chi connectivity index (χ4v) is 1.53. The molecule has 0 radical (unpaired) electrons. The standard InChI is InChI=1S/C13H10F2/c1-9-6-7-13(15)11(8-9)10-4-2-3-5-12(10)14/h2-8H,1H3. The van der Waals surface area contributed by atoms with E-state index in [0.717, 1.165) is 5.56 Å². The highest BCUT2D eigenvalue weighted by molar-refractivity contribution is 5.65. The van der Waals surface area contributed by atoms with E-state index in [1.54, 1.807) is 30.3 Å². The van der Waals surface area contributed by atoms with Gasteiger partial charge in [0.25, 0.3) is 0 Å². The molecule has 0 N–H and O–H groups in total. The van der Waals surface area contributed by atoms with Crippen molar-refractivity contribution >= 4 is 0 Å². The van der Waals surface area contributed by atoms with Gasteiger partial charge in [-0.15, -0.1) is 0 Å². The van der Waals surface area contributed by atoms with Crippen LogP contribution < -0.4 is 0 Å². The van der Waals surface area contributed by atoms with E-state index in [0.29, 0.717) is 11.1 Å². The van der Waals surface area contributed by atoms with Gasteiger partial charge in [0.05, 0.1) is 0 Å². The average molecular weight is 204 g/mol. The van der Waals surface area contributed by atoms with Crippen LogP contribution >= 0.6 is 0 Å². The molecule has 76 valence electrons. The SMILES string of the molecule is Cc1ccc(F)c(-c2ccccc2F)c1. The Balaban J connectivity index is 2.64. The highest BCUT2D eigenvalue weighted by Crippen LogP contribution is 2.26. The number of halogens is 2. The van der Waals surface area contributed by atoms with Crippen molar-refractivity contribution in [3.63, 3.8) is 0 Å². The number of benzene rings is 2. The third kappa shape index (κ3) is 1.89. The number of aryl methyl sites for hydroxylation is 1. The fourth-order valence-electron chi connectivity index (χ4n) is 1.53. The Morgan fingerprint density at radius 3 is 2.20 bits per heavy atom. The summed E-state index contributed by atoms with van der Waals surface area (Å²) in [7, 11) is 0. The molecule has 0 fully saturated rings. The van der Waals surface area contributed by atoms with Crippen LogP contribution in [0.5, 0.6) is 0 Å². The van der Waals surface area contributed by atoms with Crippen molar-refractivity contribution in [2.24, 2.45) is 0 Å². The summed E-state index contributed by atoms with van der Waals surface area (Å²) in [6.07, 6.45) is 0. The molecule has 0 aliphatic carbocycles. The molecule has 0 aliphatic rings. The smallest absolute Gasteiger partial charge is 0.131 e. The summed E-state index contributed by atoms with van der Waals surface area (Å²) in [4.78, 5) is 0. The molecular weight excluding hydrogens is 194 g/mol. The lowest BCUT2D eigenvalue weighted by Gasteiger charge is -2.05. The highest BCUT2D eigenvalue weighted by atomic mass is 19.1. The van der Waals surface area contributed by atoms with Crippen molar-refractivity contribution in [1.82, 2.24) is 0 Å². The second kappa shape index (κ2) is 3.81. The Kier molecular flexibility index (Phi) is 2.50. The van der Waals surface area contributed by atoms with Gasteiger partial charge in [0.2, 0.25) is 0 Å². The first-order valence-electron chi connectivity index (χ1n) is 4.69. The summed E-state index contributed by atoms with van der Waals surface area (Å²) in [5, 5.41) is 0.